The van der Waals surface area contributed by atoms with Gasteiger partial charge in [-0.2, -0.15) is 25.3 Å². The lowest BCUT2D eigenvalue weighted by Gasteiger charge is -2.09. The third kappa shape index (κ3) is 11.9. The van der Waals surface area contributed by atoms with E-state index in [1.54, 1.807) is 0 Å². The zero-order chi connectivity index (χ0) is 39.1. The van der Waals surface area contributed by atoms with Crippen LogP contribution in [0.5, 0.6) is 0 Å². The number of nitrogens with zero attached hydrogens (tertiary/aromatic N) is 4. The van der Waals surface area contributed by atoms with E-state index in [9.17, 15) is 51.2 Å². The molecule has 0 unspecified atom stereocenters. The van der Waals surface area contributed by atoms with Gasteiger partial charge in [0.15, 0.2) is 32.0 Å². The molecule has 52 heavy (non-hydrogen) atoms. The summed E-state index contributed by atoms with van der Waals surface area (Å²) in [5.74, 6) is -1.74. The van der Waals surface area contributed by atoms with E-state index < -0.39 is 106 Å². The van der Waals surface area contributed by atoms with Crippen molar-refractivity contribution in [1.82, 2.24) is 0 Å². The zero-order valence-electron chi connectivity index (χ0n) is 25.3. The van der Waals surface area contributed by atoms with Crippen molar-refractivity contribution >= 4 is 96.8 Å². The first-order valence-corrected chi connectivity index (χ1v) is 21.3. The van der Waals surface area contributed by atoms with Crippen molar-refractivity contribution in [3.8, 4) is 0 Å². The minimum atomic E-state index is -5.18. The Labute approximate surface area is 299 Å². The molecule has 0 saturated carbocycles. The molecule has 3 aromatic carbocycles. The Morgan fingerprint density at radius 1 is 0.635 bits per heavy atom. The van der Waals surface area contributed by atoms with E-state index in [0.717, 1.165) is 24.3 Å². The summed E-state index contributed by atoms with van der Waals surface area (Å²) >= 11 is 0.105. The normalized spacial score (nSPS) is 13.3. The van der Waals surface area contributed by atoms with Crippen LogP contribution in [0.1, 0.15) is 0 Å². The number of nitrogen functional groups attached to an aromatic ring is 2. The quantitative estimate of drug-likeness (QED) is 0.0204. The molecule has 8 N–H and O–H groups in total. The molecule has 0 spiro atoms. The van der Waals surface area contributed by atoms with Crippen molar-refractivity contribution in [2.24, 2.45) is 20.5 Å². The second-order valence-electron chi connectivity index (χ2n) is 9.47. The van der Waals surface area contributed by atoms with Gasteiger partial charge in [0.05, 0.1) is 45.9 Å². The second-order valence-corrected chi connectivity index (χ2v) is 18.1. The molecule has 0 bridgehead atoms. The summed E-state index contributed by atoms with van der Waals surface area (Å²) < 4.78 is 161. The average molecular weight is 853 g/mol. The van der Waals surface area contributed by atoms with Gasteiger partial charge in [0.25, 0.3) is 20.2 Å². The van der Waals surface area contributed by atoms with Crippen molar-refractivity contribution in [2.45, 2.75) is 19.6 Å². The van der Waals surface area contributed by atoms with Crippen molar-refractivity contribution in [2.75, 3.05) is 36.2 Å². The SMILES string of the molecule is Nc1ccc(N=Nc2ccc(S(=O)(=O)CCOSOOO)cc2S(=O)(=O)O)c(N)c1N=Nc1ccc(S(=O)(=O)CCOS(=O)(=O)O)cc1S(=O)(=O)O. The minimum absolute atomic E-state index is 0.105. The molecule has 0 atom stereocenters. The van der Waals surface area contributed by atoms with Crippen LogP contribution in [0.3, 0.4) is 0 Å². The van der Waals surface area contributed by atoms with E-state index in [2.05, 4.69) is 38.2 Å². The van der Waals surface area contributed by atoms with E-state index in [0.29, 0.717) is 12.1 Å². The first kappa shape index (κ1) is 42.7. The maximum Gasteiger partial charge on any atom is 0.397 e. The van der Waals surface area contributed by atoms with Crippen LogP contribution in [0, 0.1) is 0 Å². The summed E-state index contributed by atoms with van der Waals surface area (Å²) in [6.07, 6.45) is 0. The molecule has 0 radical (unpaired) electrons. The van der Waals surface area contributed by atoms with E-state index in [1.807, 2.05) is 0 Å². The first-order chi connectivity index (χ1) is 24.0. The number of hydrogen-bond donors (Lipinski definition) is 6. The highest BCUT2D eigenvalue weighted by Crippen LogP contribution is 2.40. The van der Waals surface area contributed by atoms with Gasteiger partial charge >= 0.3 is 10.4 Å². The standard InChI is InChI=1S/C22H24N6O18S6/c23-15-3-6-18(27-25-16-4-1-13(11-19(16)50(34,35)36)48(30,31)9-7-43-47-46-45-29)21(24)22(15)28-26-17-5-2-14(12-20(17)51(37,38)39)49(32,33)10-8-44-52(40,41)42/h1-6,11-12,29H,7-10,23-24H2,(H,34,35,36)(H,37,38,39)(H,40,41,42). The highest BCUT2D eigenvalue weighted by atomic mass is 32.3. The van der Waals surface area contributed by atoms with Crippen LogP contribution in [0.4, 0.5) is 34.1 Å². The van der Waals surface area contributed by atoms with E-state index in [-0.39, 0.29) is 35.1 Å². The van der Waals surface area contributed by atoms with E-state index >= 15 is 0 Å². The predicted octanol–water partition coefficient (Wildman–Crippen LogP) is 2.54. The van der Waals surface area contributed by atoms with Crippen LogP contribution < -0.4 is 11.5 Å². The minimum Gasteiger partial charge on any atom is -0.397 e. The van der Waals surface area contributed by atoms with Crippen LogP contribution in [-0.2, 0) is 68.0 Å². The number of nitrogens with two attached hydrogens (primary N) is 2. The molecule has 0 aliphatic carbocycles. The highest BCUT2D eigenvalue weighted by molar-refractivity contribution is 7.92. The molecule has 0 saturated heterocycles. The summed E-state index contributed by atoms with van der Waals surface area (Å²) in [6, 6.07) is 6.93. The summed E-state index contributed by atoms with van der Waals surface area (Å²) in [4.78, 5) is -3.33. The van der Waals surface area contributed by atoms with Gasteiger partial charge in [-0.05, 0) is 48.5 Å². The summed E-state index contributed by atoms with van der Waals surface area (Å²) in [7, 11) is -23.9. The molecule has 30 heteroatoms. The summed E-state index contributed by atoms with van der Waals surface area (Å²) in [6.45, 7) is -1.53. The van der Waals surface area contributed by atoms with Crippen LogP contribution in [0.15, 0.2) is 88.6 Å². The van der Waals surface area contributed by atoms with E-state index in [1.165, 1.54) is 12.1 Å². The Kier molecular flexibility index (Phi) is 13.9. The molecular weight excluding hydrogens is 829 g/mol. The fraction of sp³-hybridized carbons (Fsp3) is 0.182. The number of rotatable bonds is 18. The van der Waals surface area contributed by atoms with E-state index in [4.69, 9.17) is 21.3 Å². The Morgan fingerprint density at radius 3 is 1.58 bits per heavy atom. The van der Waals surface area contributed by atoms with Crippen LogP contribution in [0.25, 0.3) is 0 Å². The Balaban J connectivity index is 1.97. The summed E-state index contributed by atoms with van der Waals surface area (Å²) in [5, 5.41) is 26.2. The lowest BCUT2D eigenvalue weighted by atomic mass is 10.2. The third-order valence-corrected chi connectivity index (χ3v) is 12.0. The summed E-state index contributed by atoms with van der Waals surface area (Å²) in [5.41, 5.74) is 9.60. The van der Waals surface area contributed by atoms with Crippen molar-refractivity contribution < 1.29 is 78.7 Å². The van der Waals surface area contributed by atoms with Crippen LogP contribution in [-0.4, -0.2) is 85.7 Å². The fourth-order valence-corrected chi connectivity index (χ4v) is 8.06. The van der Waals surface area contributed by atoms with Crippen LogP contribution >= 0.6 is 12.3 Å². The molecule has 3 aromatic rings. The second kappa shape index (κ2) is 16.9. The van der Waals surface area contributed by atoms with Gasteiger partial charge in [0.2, 0.25) is 0 Å². The monoisotopic (exact) mass is 852 g/mol. The predicted molar refractivity (Wildman–Crippen MR) is 176 cm³/mol. The van der Waals surface area contributed by atoms with Crippen molar-refractivity contribution in [3.05, 3.63) is 48.5 Å². The molecule has 0 amide bonds. The number of hydrogen-bond acceptors (Lipinski definition) is 22. The van der Waals surface area contributed by atoms with Crippen molar-refractivity contribution in [3.63, 3.8) is 0 Å². The molecule has 0 fully saturated rings. The Morgan fingerprint density at radius 2 is 1.10 bits per heavy atom. The fourth-order valence-electron chi connectivity index (χ4n) is 3.67. The third-order valence-electron chi connectivity index (χ3n) is 6.01. The molecule has 0 aliphatic heterocycles. The van der Waals surface area contributed by atoms with Gasteiger partial charge in [-0.1, -0.05) is 5.04 Å². The molecule has 0 aliphatic rings. The number of anilines is 2. The average Bonchev–Trinajstić information content (AvgIpc) is 3.02. The number of benzene rings is 3. The molecule has 286 valence electrons. The zero-order valence-corrected chi connectivity index (χ0v) is 30.2. The molecular formula is C22H24N6O18S6. The molecule has 0 heterocycles. The van der Waals surface area contributed by atoms with Crippen molar-refractivity contribution in [1.29, 1.82) is 0 Å². The largest absolute Gasteiger partial charge is 0.397 e. The van der Waals surface area contributed by atoms with Crippen LogP contribution in [0.2, 0.25) is 0 Å². The first-order valence-electron chi connectivity index (χ1n) is 13.0. The molecule has 3 rings (SSSR count). The number of sulfone groups is 2. The lowest BCUT2D eigenvalue weighted by Crippen LogP contribution is -2.16. The van der Waals surface area contributed by atoms with Gasteiger partial charge < -0.3 is 11.5 Å². The topological polar surface area (TPSA) is 390 Å². The number of azo groups is 2. The maximum absolute atomic E-state index is 12.6. The maximum atomic E-state index is 12.6. The van der Waals surface area contributed by atoms with Gasteiger partial charge in [-0.3, -0.25) is 17.8 Å². The van der Waals surface area contributed by atoms with Gasteiger partial charge in [0, 0.05) is 0 Å². The highest BCUT2D eigenvalue weighted by Gasteiger charge is 2.24. The van der Waals surface area contributed by atoms with Gasteiger partial charge in [-0.25, -0.2) is 26.3 Å². The lowest BCUT2D eigenvalue weighted by molar-refractivity contribution is -0.434. The Bertz CT molecular complexity index is 2440. The molecule has 24 nitrogen and oxygen atoms in total. The molecule has 0 aromatic heterocycles. The van der Waals surface area contributed by atoms with Gasteiger partial charge in [0.1, 0.15) is 32.5 Å². The smallest absolute Gasteiger partial charge is 0.397 e. The Hall–Kier alpha value is -3.76. The van der Waals surface area contributed by atoms with Gasteiger partial charge in [-0.15, -0.1) is 24.8 Å².